The minimum Gasteiger partial charge on any atom is -0.374 e. The van der Waals surface area contributed by atoms with Crippen molar-refractivity contribution in [2.24, 2.45) is 0 Å². The Balaban J connectivity index is 2.51. The molecule has 1 aromatic rings. The van der Waals surface area contributed by atoms with E-state index < -0.39 is 17.9 Å². The van der Waals surface area contributed by atoms with Gasteiger partial charge >= 0.3 is 0 Å². The van der Waals surface area contributed by atoms with Gasteiger partial charge in [-0.25, -0.2) is 8.78 Å². The molecule has 2 nitrogen and oxygen atoms in total. The van der Waals surface area contributed by atoms with Crippen LogP contribution in [0.1, 0.15) is 25.3 Å². The number of allylic oxidation sites excluding steroid dienone is 1. The summed E-state index contributed by atoms with van der Waals surface area (Å²) >= 11 is 0. The number of hydrogen-bond donors (Lipinski definition) is 2. The molecule has 16 heavy (non-hydrogen) atoms. The molecule has 1 aliphatic rings. The topological polar surface area (TPSA) is 32.3 Å². The lowest BCUT2D eigenvalue weighted by Gasteiger charge is -2.25. The number of hydrogen-bond acceptors (Lipinski definition) is 2. The van der Waals surface area contributed by atoms with Gasteiger partial charge in [0, 0.05) is 5.70 Å². The molecule has 1 unspecified atom stereocenters. The van der Waals surface area contributed by atoms with E-state index in [9.17, 15) is 13.9 Å². The second-order valence-electron chi connectivity index (χ2n) is 3.95. The molecular weight excluding hydrogens is 212 g/mol. The predicted octanol–water partition coefficient (Wildman–Crippen LogP) is 2.40. The standard InChI is InChI=1S/C12H13F2NO/c1-7-5-6-10(16)15-12(7)11-8(13)3-2-4-9(11)14/h2-4,10,15-16H,5-6H2,1H3. The number of halogens is 2. The van der Waals surface area contributed by atoms with Crippen LogP contribution in [-0.2, 0) is 0 Å². The summed E-state index contributed by atoms with van der Waals surface area (Å²) in [7, 11) is 0. The van der Waals surface area contributed by atoms with E-state index in [0.717, 1.165) is 5.57 Å². The van der Waals surface area contributed by atoms with E-state index in [4.69, 9.17) is 0 Å². The van der Waals surface area contributed by atoms with Crippen LogP contribution >= 0.6 is 0 Å². The van der Waals surface area contributed by atoms with Gasteiger partial charge in [-0.2, -0.15) is 0 Å². The van der Waals surface area contributed by atoms with Crippen LogP contribution in [0.4, 0.5) is 8.78 Å². The Labute approximate surface area is 92.6 Å². The van der Waals surface area contributed by atoms with E-state index in [2.05, 4.69) is 5.32 Å². The van der Waals surface area contributed by atoms with Crippen LogP contribution < -0.4 is 5.32 Å². The van der Waals surface area contributed by atoms with E-state index >= 15 is 0 Å². The monoisotopic (exact) mass is 225 g/mol. The molecule has 0 aliphatic carbocycles. The average Bonchev–Trinajstić information content (AvgIpc) is 2.23. The maximum Gasteiger partial charge on any atom is 0.135 e. The molecule has 1 atom stereocenters. The number of aliphatic hydroxyl groups is 1. The second-order valence-corrected chi connectivity index (χ2v) is 3.95. The Morgan fingerprint density at radius 1 is 1.31 bits per heavy atom. The zero-order valence-corrected chi connectivity index (χ0v) is 8.93. The molecule has 86 valence electrons. The molecule has 1 aliphatic heterocycles. The summed E-state index contributed by atoms with van der Waals surface area (Å²) < 4.78 is 27.1. The molecule has 4 heteroatoms. The van der Waals surface area contributed by atoms with E-state index in [-0.39, 0.29) is 5.56 Å². The van der Waals surface area contributed by atoms with Crippen molar-refractivity contribution < 1.29 is 13.9 Å². The van der Waals surface area contributed by atoms with Crippen LogP contribution in [0, 0.1) is 11.6 Å². The van der Waals surface area contributed by atoms with Crippen LogP contribution in [0.15, 0.2) is 23.8 Å². The van der Waals surface area contributed by atoms with Crippen molar-refractivity contribution in [1.29, 1.82) is 0 Å². The third-order valence-electron chi connectivity index (χ3n) is 2.74. The Hall–Kier alpha value is -1.42. The minimum atomic E-state index is -0.738. The van der Waals surface area contributed by atoms with Crippen molar-refractivity contribution >= 4 is 5.70 Å². The summed E-state index contributed by atoms with van der Waals surface area (Å²) in [6.07, 6.45) is 0.459. The highest BCUT2D eigenvalue weighted by atomic mass is 19.1. The quantitative estimate of drug-likeness (QED) is 0.769. The first-order valence-corrected chi connectivity index (χ1v) is 5.18. The molecular formula is C12H13F2NO. The fourth-order valence-corrected chi connectivity index (χ4v) is 1.86. The van der Waals surface area contributed by atoms with Crippen molar-refractivity contribution in [3.05, 3.63) is 41.0 Å². The first-order chi connectivity index (χ1) is 7.59. The molecule has 2 rings (SSSR count). The predicted molar refractivity (Wildman–Crippen MR) is 57.3 cm³/mol. The van der Waals surface area contributed by atoms with Crippen LogP contribution in [-0.4, -0.2) is 11.3 Å². The number of benzene rings is 1. The lowest BCUT2D eigenvalue weighted by molar-refractivity contribution is 0.141. The molecule has 1 aromatic carbocycles. The van der Waals surface area contributed by atoms with Crippen LogP contribution in [0.5, 0.6) is 0 Å². The summed E-state index contributed by atoms with van der Waals surface area (Å²) in [5.41, 5.74) is 1.14. The first kappa shape index (κ1) is 11.1. The molecule has 2 N–H and O–H groups in total. The number of nitrogens with one attached hydrogen (secondary N) is 1. The third kappa shape index (κ3) is 1.93. The summed E-state index contributed by atoms with van der Waals surface area (Å²) in [6.45, 7) is 1.81. The molecule has 0 bridgehead atoms. The van der Waals surface area contributed by atoms with Gasteiger partial charge in [0.2, 0.25) is 0 Å². The SMILES string of the molecule is CC1=C(c2c(F)cccc2F)NC(O)CC1. The Morgan fingerprint density at radius 2 is 1.94 bits per heavy atom. The fourth-order valence-electron chi connectivity index (χ4n) is 1.86. The molecule has 0 saturated heterocycles. The Morgan fingerprint density at radius 3 is 2.56 bits per heavy atom. The van der Waals surface area contributed by atoms with Crippen LogP contribution in [0.3, 0.4) is 0 Å². The first-order valence-electron chi connectivity index (χ1n) is 5.18. The van der Waals surface area contributed by atoms with Gasteiger partial charge < -0.3 is 10.4 Å². The van der Waals surface area contributed by atoms with Gasteiger partial charge in [0.05, 0.1) is 5.56 Å². The molecule has 0 aromatic heterocycles. The van der Waals surface area contributed by atoms with E-state index in [1.165, 1.54) is 18.2 Å². The summed E-state index contributed by atoms with van der Waals surface area (Å²) in [4.78, 5) is 0. The van der Waals surface area contributed by atoms with Crippen molar-refractivity contribution in [2.75, 3.05) is 0 Å². The Kier molecular flexibility index (Phi) is 2.92. The van der Waals surface area contributed by atoms with Gasteiger partial charge in [0.25, 0.3) is 0 Å². The largest absolute Gasteiger partial charge is 0.374 e. The van der Waals surface area contributed by atoms with E-state index in [1.807, 2.05) is 0 Å². The number of aliphatic hydroxyl groups excluding tert-OH is 1. The maximum atomic E-state index is 13.5. The summed E-state index contributed by atoms with van der Waals surface area (Å²) in [5.74, 6) is -1.23. The van der Waals surface area contributed by atoms with Gasteiger partial charge in [0.1, 0.15) is 17.9 Å². The number of rotatable bonds is 1. The lowest BCUT2D eigenvalue weighted by Crippen LogP contribution is -2.32. The second kappa shape index (κ2) is 4.22. The van der Waals surface area contributed by atoms with E-state index in [0.29, 0.717) is 18.5 Å². The molecule has 1 heterocycles. The van der Waals surface area contributed by atoms with Gasteiger partial charge in [-0.05, 0) is 37.5 Å². The van der Waals surface area contributed by atoms with Crippen LogP contribution in [0.25, 0.3) is 5.70 Å². The molecule has 0 spiro atoms. The molecule has 0 saturated carbocycles. The molecule has 0 amide bonds. The van der Waals surface area contributed by atoms with Gasteiger partial charge in [0.15, 0.2) is 0 Å². The summed E-state index contributed by atoms with van der Waals surface area (Å²) in [6, 6.07) is 3.74. The molecule has 0 radical (unpaired) electrons. The zero-order chi connectivity index (χ0) is 11.7. The fraction of sp³-hybridized carbons (Fsp3) is 0.333. The van der Waals surface area contributed by atoms with Crippen LogP contribution in [0.2, 0.25) is 0 Å². The van der Waals surface area contributed by atoms with E-state index in [1.54, 1.807) is 6.92 Å². The highest BCUT2D eigenvalue weighted by Gasteiger charge is 2.21. The lowest BCUT2D eigenvalue weighted by atomic mass is 9.98. The minimum absolute atomic E-state index is 0.0845. The third-order valence-corrected chi connectivity index (χ3v) is 2.74. The highest BCUT2D eigenvalue weighted by Crippen LogP contribution is 2.28. The van der Waals surface area contributed by atoms with Gasteiger partial charge in [-0.15, -0.1) is 0 Å². The summed E-state index contributed by atoms with van der Waals surface area (Å²) in [5, 5.41) is 12.2. The highest BCUT2D eigenvalue weighted by molar-refractivity contribution is 5.68. The van der Waals surface area contributed by atoms with Gasteiger partial charge in [-0.1, -0.05) is 6.07 Å². The normalized spacial score (nSPS) is 20.9. The zero-order valence-electron chi connectivity index (χ0n) is 8.93. The maximum absolute atomic E-state index is 13.5. The van der Waals surface area contributed by atoms with Gasteiger partial charge in [-0.3, -0.25) is 0 Å². The van der Waals surface area contributed by atoms with Crippen molar-refractivity contribution in [1.82, 2.24) is 5.32 Å². The average molecular weight is 225 g/mol. The molecule has 0 fully saturated rings. The van der Waals surface area contributed by atoms with Crippen molar-refractivity contribution in [2.45, 2.75) is 26.0 Å². The van der Waals surface area contributed by atoms with Crippen molar-refractivity contribution in [3.63, 3.8) is 0 Å². The Bertz CT molecular complexity index is 422. The van der Waals surface area contributed by atoms with Crippen molar-refractivity contribution in [3.8, 4) is 0 Å². The smallest absolute Gasteiger partial charge is 0.135 e.